The molecule has 0 aromatic carbocycles. The highest BCUT2D eigenvalue weighted by atomic mass is 16.1. The quantitative estimate of drug-likeness (QED) is 0.748. The van der Waals surface area contributed by atoms with Gasteiger partial charge in [-0.25, -0.2) is 0 Å². The van der Waals surface area contributed by atoms with Crippen molar-refractivity contribution >= 4 is 5.91 Å². The molecular weight excluding hydrogens is 252 g/mol. The van der Waals surface area contributed by atoms with E-state index in [-0.39, 0.29) is 18.0 Å². The molecule has 5 heteroatoms. The molecule has 0 spiro atoms. The molecule has 0 bridgehead atoms. The number of pyridine rings is 1. The van der Waals surface area contributed by atoms with Crippen LogP contribution in [-0.4, -0.2) is 41.0 Å². The molecule has 0 aliphatic heterocycles. The number of likely N-dealkylation sites (N-methyl/N-ethyl adjacent to an activating group) is 1. The zero-order valence-electron chi connectivity index (χ0n) is 12.7. The van der Waals surface area contributed by atoms with E-state index in [1.807, 2.05) is 26.0 Å². The summed E-state index contributed by atoms with van der Waals surface area (Å²) in [6.07, 6.45) is 4.01. The Morgan fingerprint density at radius 3 is 2.55 bits per heavy atom. The Kier molecular flexibility index (Phi) is 7.18. The summed E-state index contributed by atoms with van der Waals surface area (Å²) < 4.78 is 0. The van der Waals surface area contributed by atoms with Crippen LogP contribution < -0.4 is 11.1 Å². The molecule has 1 aromatic heterocycles. The van der Waals surface area contributed by atoms with Gasteiger partial charge in [0.2, 0.25) is 5.91 Å². The van der Waals surface area contributed by atoms with E-state index in [0.29, 0.717) is 13.0 Å². The summed E-state index contributed by atoms with van der Waals surface area (Å²) >= 11 is 0. The van der Waals surface area contributed by atoms with Gasteiger partial charge in [-0.15, -0.1) is 0 Å². The summed E-state index contributed by atoms with van der Waals surface area (Å²) in [5.41, 5.74) is 7.03. The highest BCUT2D eigenvalue weighted by Gasteiger charge is 2.19. The van der Waals surface area contributed by atoms with Crippen LogP contribution in [0.2, 0.25) is 0 Å². The van der Waals surface area contributed by atoms with Crippen molar-refractivity contribution in [1.82, 2.24) is 15.2 Å². The minimum Gasteiger partial charge on any atom is -0.354 e. The predicted molar refractivity (Wildman–Crippen MR) is 81.1 cm³/mol. The lowest BCUT2D eigenvalue weighted by atomic mass is 10.1. The van der Waals surface area contributed by atoms with Crippen LogP contribution in [0.4, 0.5) is 0 Å². The normalized spacial score (nSPS) is 12.7. The summed E-state index contributed by atoms with van der Waals surface area (Å²) in [4.78, 5) is 18.1. The number of amides is 1. The number of carbonyl (C=O) groups excluding carboxylic acids is 1. The first-order chi connectivity index (χ1) is 9.56. The Labute approximate surface area is 121 Å². The molecule has 0 aliphatic rings. The van der Waals surface area contributed by atoms with Crippen molar-refractivity contribution in [2.75, 3.05) is 13.1 Å². The molecule has 0 radical (unpaired) electrons. The van der Waals surface area contributed by atoms with Crippen molar-refractivity contribution in [3.8, 4) is 0 Å². The van der Waals surface area contributed by atoms with E-state index in [1.165, 1.54) is 5.56 Å². The first kappa shape index (κ1) is 16.6. The Hall–Kier alpha value is -1.46. The summed E-state index contributed by atoms with van der Waals surface area (Å²) in [6.45, 7) is 8.14. The molecule has 0 saturated heterocycles. The lowest BCUT2D eigenvalue weighted by Gasteiger charge is -2.29. The number of nitrogens with zero attached hydrogens (tertiary/aromatic N) is 2. The Bertz CT molecular complexity index is 394. The summed E-state index contributed by atoms with van der Waals surface area (Å²) in [6, 6.07) is 4.21. The molecule has 0 aliphatic carbocycles. The van der Waals surface area contributed by atoms with E-state index in [9.17, 15) is 4.79 Å². The number of hydrogen-bond acceptors (Lipinski definition) is 4. The third-order valence-corrected chi connectivity index (χ3v) is 3.20. The van der Waals surface area contributed by atoms with E-state index in [4.69, 9.17) is 5.73 Å². The first-order valence-corrected chi connectivity index (χ1v) is 7.19. The van der Waals surface area contributed by atoms with E-state index >= 15 is 0 Å². The van der Waals surface area contributed by atoms with Gasteiger partial charge >= 0.3 is 0 Å². The average Bonchev–Trinajstić information content (AvgIpc) is 2.43. The van der Waals surface area contributed by atoms with Crippen LogP contribution in [0.25, 0.3) is 0 Å². The molecule has 3 N–H and O–H groups in total. The van der Waals surface area contributed by atoms with Crippen molar-refractivity contribution in [2.24, 2.45) is 5.73 Å². The van der Waals surface area contributed by atoms with Crippen LogP contribution in [-0.2, 0) is 11.3 Å². The fourth-order valence-corrected chi connectivity index (χ4v) is 2.18. The molecule has 1 heterocycles. The standard InChI is InChI=1S/C15H26N4O/c1-4-19(11-13-5-7-17-8-6-13)14(10-16)9-15(20)18-12(2)3/h5-8,12,14H,4,9-11,16H2,1-3H3,(H,18,20). The maximum absolute atomic E-state index is 11.9. The van der Waals surface area contributed by atoms with Crippen LogP contribution in [0.3, 0.4) is 0 Å². The van der Waals surface area contributed by atoms with Gasteiger partial charge in [-0.3, -0.25) is 14.7 Å². The number of rotatable bonds is 8. The molecule has 1 unspecified atom stereocenters. The second-order valence-corrected chi connectivity index (χ2v) is 5.23. The SMILES string of the molecule is CCN(Cc1ccncc1)C(CN)CC(=O)NC(C)C. The van der Waals surface area contributed by atoms with Crippen molar-refractivity contribution in [2.45, 2.75) is 45.8 Å². The molecule has 20 heavy (non-hydrogen) atoms. The van der Waals surface area contributed by atoms with Gasteiger partial charge in [0.15, 0.2) is 0 Å². The average molecular weight is 278 g/mol. The van der Waals surface area contributed by atoms with Gasteiger partial charge in [0.25, 0.3) is 0 Å². The molecule has 1 amide bonds. The first-order valence-electron chi connectivity index (χ1n) is 7.19. The minimum absolute atomic E-state index is 0.0589. The van der Waals surface area contributed by atoms with Crippen LogP contribution in [0.15, 0.2) is 24.5 Å². The predicted octanol–water partition coefficient (Wildman–Crippen LogP) is 1.15. The number of hydrogen-bond donors (Lipinski definition) is 2. The van der Waals surface area contributed by atoms with Crippen LogP contribution in [0, 0.1) is 0 Å². The highest BCUT2D eigenvalue weighted by molar-refractivity contribution is 5.76. The van der Waals surface area contributed by atoms with E-state index in [1.54, 1.807) is 12.4 Å². The van der Waals surface area contributed by atoms with E-state index in [2.05, 4.69) is 22.1 Å². The molecule has 1 rings (SSSR count). The van der Waals surface area contributed by atoms with E-state index in [0.717, 1.165) is 13.1 Å². The molecule has 5 nitrogen and oxygen atoms in total. The highest BCUT2D eigenvalue weighted by Crippen LogP contribution is 2.09. The fourth-order valence-electron chi connectivity index (χ4n) is 2.18. The van der Waals surface area contributed by atoms with Gasteiger partial charge in [-0.05, 0) is 38.1 Å². The summed E-state index contributed by atoms with van der Waals surface area (Å²) in [5, 5.41) is 2.92. The molecular formula is C15H26N4O. The molecule has 0 saturated carbocycles. The summed E-state index contributed by atoms with van der Waals surface area (Å²) in [7, 11) is 0. The van der Waals surface area contributed by atoms with Gasteiger partial charge in [0.1, 0.15) is 0 Å². The minimum atomic E-state index is 0.0589. The van der Waals surface area contributed by atoms with Gasteiger partial charge in [-0.1, -0.05) is 6.92 Å². The Morgan fingerprint density at radius 1 is 1.40 bits per heavy atom. The zero-order valence-corrected chi connectivity index (χ0v) is 12.7. The smallest absolute Gasteiger partial charge is 0.221 e. The number of aromatic nitrogens is 1. The molecule has 1 aromatic rings. The maximum Gasteiger partial charge on any atom is 0.221 e. The maximum atomic E-state index is 11.9. The monoisotopic (exact) mass is 278 g/mol. The molecule has 1 atom stereocenters. The van der Waals surface area contributed by atoms with Crippen molar-refractivity contribution < 1.29 is 4.79 Å². The Balaban J connectivity index is 2.62. The third-order valence-electron chi connectivity index (χ3n) is 3.20. The largest absolute Gasteiger partial charge is 0.354 e. The Morgan fingerprint density at radius 2 is 2.05 bits per heavy atom. The van der Waals surface area contributed by atoms with Crippen molar-refractivity contribution in [3.05, 3.63) is 30.1 Å². The second kappa shape index (κ2) is 8.66. The number of nitrogens with one attached hydrogen (secondary N) is 1. The van der Waals surface area contributed by atoms with Gasteiger partial charge in [0.05, 0.1) is 0 Å². The molecule has 0 fully saturated rings. The van der Waals surface area contributed by atoms with Gasteiger partial charge in [0, 0.05) is 44.0 Å². The summed E-state index contributed by atoms with van der Waals surface area (Å²) in [5.74, 6) is 0.0589. The number of nitrogens with two attached hydrogens (primary N) is 1. The molecule has 112 valence electrons. The van der Waals surface area contributed by atoms with Crippen LogP contribution in [0.5, 0.6) is 0 Å². The lowest BCUT2D eigenvalue weighted by Crippen LogP contribution is -2.44. The fraction of sp³-hybridized carbons (Fsp3) is 0.600. The van der Waals surface area contributed by atoms with Crippen molar-refractivity contribution in [3.63, 3.8) is 0 Å². The second-order valence-electron chi connectivity index (χ2n) is 5.23. The van der Waals surface area contributed by atoms with Crippen LogP contribution >= 0.6 is 0 Å². The zero-order chi connectivity index (χ0) is 15.0. The lowest BCUT2D eigenvalue weighted by molar-refractivity contribution is -0.122. The van der Waals surface area contributed by atoms with Crippen LogP contribution in [0.1, 0.15) is 32.8 Å². The third kappa shape index (κ3) is 5.67. The van der Waals surface area contributed by atoms with Gasteiger partial charge < -0.3 is 11.1 Å². The van der Waals surface area contributed by atoms with Gasteiger partial charge in [-0.2, -0.15) is 0 Å². The topological polar surface area (TPSA) is 71.2 Å². The van der Waals surface area contributed by atoms with E-state index < -0.39 is 0 Å². The van der Waals surface area contributed by atoms with Crippen molar-refractivity contribution in [1.29, 1.82) is 0 Å². The number of carbonyl (C=O) groups is 1.